The predicted octanol–water partition coefficient (Wildman–Crippen LogP) is 3.41. The molecule has 0 radical (unpaired) electrons. The van der Waals surface area contributed by atoms with Gasteiger partial charge in [0.05, 0.1) is 4.90 Å². The maximum Gasteiger partial charge on any atom is 0.322 e. The maximum atomic E-state index is 12.6. The highest BCUT2D eigenvalue weighted by atomic mass is 33.1. The third-order valence-corrected chi connectivity index (χ3v) is 7.39. The van der Waals surface area contributed by atoms with Gasteiger partial charge in [0.2, 0.25) is 10.0 Å². The van der Waals surface area contributed by atoms with Crippen LogP contribution in [0.3, 0.4) is 0 Å². The van der Waals surface area contributed by atoms with Crippen LogP contribution in [0.4, 0.5) is 0 Å². The van der Waals surface area contributed by atoms with Gasteiger partial charge >= 0.3 is 5.97 Å². The van der Waals surface area contributed by atoms with Crippen molar-refractivity contribution in [3.05, 3.63) is 66.9 Å². The quantitative estimate of drug-likeness (QED) is 0.539. The number of benzene rings is 2. The summed E-state index contributed by atoms with van der Waals surface area (Å²) in [5.74, 6) is -1.17. The monoisotopic (exact) mass is 420 g/mol. The Morgan fingerprint density at radius 2 is 1.81 bits per heavy atom. The lowest BCUT2D eigenvalue weighted by atomic mass is 10.1. The molecule has 0 amide bonds. The van der Waals surface area contributed by atoms with E-state index in [4.69, 9.17) is 0 Å². The van der Waals surface area contributed by atoms with Gasteiger partial charge in [-0.05, 0) is 45.8 Å². The van der Waals surface area contributed by atoms with Crippen molar-refractivity contribution in [2.45, 2.75) is 16.0 Å². The molecule has 140 valence electrons. The molecule has 2 N–H and O–H groups in total. The standard InChI is InChI=1S/C18H16N2O4S3/c21-18(22)16(12-25-26-17-7-3-4-10-19-17)20-27(23,24)15-9-8-13-5-1-2-6-14(13)11-15/h1-11,16,20H,12H2,(H,21,22)/t16-/m0/s1. The summed E-state index contributed by atoms with van der Waals surface area (Å²) >= 11 is 0. The molecule has 2 aromatic carbocycles. The smallest absolute Gasteiger partial charge is 0.322 e. The summed E-state index contributed by atoms with van der Waals surface area (Å²) in [5, 5.41) is 11.8. The van der Waals surface area contributed by atoms with Gasteiger partial charge in [0, 0.05) is 11.9 Å². The van der Waals surface area contributed by atoms with Crippen LogP contribution in [0, 0.1) is 0 Å². The lowest BCUT2D eigenvalue weighted by Gasteiger charge is -2.14. The summed E-state index contributed by atoms with van der Waals surface area (Å²) in [6, 6.07) is 16.2. The van der Waals surface area contributed by atoms with Crippen molar-refractivity contribution in [1.29, 1.82) is 0 Å². The Hall–Kier alpha value is -2.07. The minimum atomic E-state index is -3.96. The zero-order chi connectivity index (χ0) is 19.3. The first kappa shape index (κ1) is 19.7. The number of hydrogen-bond acceptors (Lipinski definition) is 6. The summed E-state index contributed by atoms with van der Waals surface area (Å²) in [6.07, 6.45) is 1.64. The molecule has 3 aromatic rings. The zero-order valence-corrected chi connectivity index (χ0v) is 16.4. The third kappa shape index (κ3) is 5.23. The SMILES string of the molecule is O=C(O)[C@H](CSSc1ccccn1)NS(=O)(=O)c1ccc2ccccc2c1. The highest BCUT2D eigenvalue weighted by Crippen LogP contribution is 2.29. The maximum absolute atomic E-state index is 12.6. The molecule has 1 aromatic heterocycles. The normalized spacial score (nSPS) is 12.7. The second-order valence-corrected chi connectivity index (χ2v) is 9.63. The molecule has 0 aliphatic carbocycles. The van der Waals surface area contributed by atoms with Crippen LogP contribution in [0.2, 0.25) is 0 Å². The molecule has 0 unspecified atom stereocenters. The fourth-order valence-electron chi connectivity index (χ4n) is 2.30. The van der Waals surface area contributed by atoms with Crippen LogP contribution >= 0.6 is 21.6 Å². The minimum absolute atomic E-state index is 0.0369. The Morgan fingerprint density at radius 3 is 2.52 bits per heavy atom. The summed E-state index contributed by atoms with van der Waals surface area (Å²) in [6.45, 7) is 0. The number of rotatable bonds is 8. The molecular weight excluding hydrogens is 404 g/mol. The average Bonchev–Trinajstić information content (AvgIpc) is 2.67. The Labute approximate surface area is 164 Å². The van der Waals surface area contributed by atoms with Crippen molar-refractivity contribution < 1.29 is 18.3 Å². The van der Waals surface area contributed by atoms with Crippen molar-refractivity contribution in [2.24, 2.45) is 0 Å². The molecule has 1 atom stereocenters. The van der Waals surface area contributed by atoms with Gasteiger partial charge in [-0.1, -0.05) is 47.2 Å². The summed E-state index contributed by atoms with van der Waals surface area (Å²) in [4.78, 5) is 15.7. The van der Waals surface area contributed by atoms with Crippen molar-refractivity contribution in [1.82, 2.24) is 9.71 Å². The van der Waals surface area contributed by atoms with Crippen LogP contribution in [-0.4, -0.2) is 36.3 Å². The number of nitrogens with zero attached hydrogens (tertiary/aromatic N) is 1. The van der Waals surface area contributed by atoms with Gasteiger partial charge in [0.1, 0.15) is 11.1 Å². The van der Waals surface area contributed by atoms with E-state index in [1.54, 1.807) is 24.4 Å². The summed E-state index contributed by atoms with van der Waals surface area (Å²) < 4.78 is 27.5. The van der Waals surface area contributed by atoms with E-state index in [-0.39, 0.29) is 10.6 Å². The first-order valence-corrected chi connectivity index (χ1v) is 11.7. The molecule has 0 saturated heterocycles. The zero-order valence-electron chi connectivity index (χ0n) is 14.0. The molecule has 3 rings (SSSR count). The third-order valence-electron chi connectivity index (χ3n) is 3.64. The first-order valence-electron chi connectivity index (χ1n) is 7.90. The number of fused-ring (bicyclic) bond motifs is 1. The summed E-state index contributed by atoms with van der Waals surface area (Å²) in [7, 11) is -1.44. The van der Waals surface area contributed by atoms with E-state index in [0.29, 0.717) is 0 Å². The van der Waals surface area contributed by atoms with Gasteiger partial charge in [0.15, 0.2) is 0 Å². The van der Waals surface area contributed by atoms with Gasteiger partial charge in [-0.15, -0.1) is 0 Å². The fourth-order valence-corrected chi connectivity index (χ4v) is 5.69. The van der Waals surface area contributed by atoms with E-state index in [0.717, 1.165) is 15.8 Å². The fraction of sp³-hybridized carbons (Fsp3) is 0.111. The number of carboxylic acids is 1. The number of aliphatic carboxylic acids is 1. The number of pyridine rings is 1. The topological polar surface area (TPSA) is 96.4 Å². The predicted molar refractivity (Wildman–Crippen MR) is 108 cm³/mol. The molecular formula is C18H16N2O4S3. The van der Waals surface area contributed by atoms with Gasteiger partial charge in [-0.3, -0.25) is 4.79 Å². The second kappa shape index (κ2) is 8.75. The van der Waals surface area contributed by atoms with E-state index < -0.39 is 22.0 Å². The molecule has 6 nitrogen and oxygen atoms in total. The highest BCUT2D eigenvalue weighted by Gasteiger charge is 2.25. The van der Waals surface area contributed by atoms with E-state index >= 15 is 0 Å². The first-order chi connectivity index (χ1) is 13.0. The molecule has 0 aliphatic rings. The van der Waals surface area contributed by atoms with Crippen LogP contribution in [0.1, 0.15) is 0 Å². The average molecular weight is 421 g/mol. The van der Waals surface area contributed by atoms with Crippen LogP contribution < -0.4 is 4.72 Å². The van der Waals surface area contributed by atoms with E-state index in [1.807, 2.05) is 30.3 Å². The molecule has 0 aliphatic heterocycles. The van der Waals surface area contributed by atoms with Crippen LogP contribution in [0.5, 0.6) is 0 Å². The number of sulfonamides is 1. The highest BCUT2D eigenvalue weighted by molar-refractivity contribution is 8.76. The van der Waals surface area contributed by atoms with Crippen LogP contribution in [0.15, 0.2) is 76.8 Å². The Kier molecular flexibility index (Phi) is 6.38. The number of carboxylic acid groups (broad SMARTS) is 1. The molecule has 9 heteroatoms. The van der Waals surface area contributed by atoms with Crippen LogP contribution in [0.25, 0.3) is 10.8 Å². The Morgan fingerprint density at radius 1 is 1.07 bits per heavy atom. The van der Waals surface area contributed by atoms with Gasteiger partial charge in [0.25, 0.3) is 0 Å². The number of aromatic nitrogens is 1. The molecule has 1 heterocycles. The van der Waals surface area contributed by atoms with Crippen molar-refractivity contribution in [3.8, 4) is 0 Å². The van der Waals surface area contributed by atoms with E-state index in [9.17, 15) is 18.3 Å². The van der Waals surface area contributed by atoms with Crippen LogP contribution in [-0.2, 0) is 14.8 Å². The van der Waals surface area contributed by atoms with Crippen molar-refractivity contribution >= 4 is 48.4 Å². The Balaban J connectivity index is 1.71. The second-order valence-electron chi connectivity index (χ2n) is 5.56. The summed E-state index contributed by atoms with van der Waals surface area (Å²) in [5.41, 5.74) is 0. The Bertz CT molecular complexity index is 1040. The lowest BCUT2D eigenvalue weighted by molar-refractivity contribution is -0.138. The minimum Gasteiger partial charge on any atom is -0.480 e. The lowest BCUT2D eigenvalue weighted by Crippen LogP contribution is -2.42. The molecule has 0 bridgehead atoms. The molecule has 0 spiro atoms. The molecule has 0 fully saturated rings. The largest absolute Gasteiger partial charge is 0.480 e. The molecule has 27 heavy (non-hydrogen) atoms. The number of nitrogens with one attached hydrogen (secondary N) is 1. The molecule has 0 saturated carbocycles. The van der Waals surface area contributed by atoms with E-state index in [2.05, 4.69) is 9.71 Å². The van der Waals surface area contributed by atoms with Gasteiger partial charge in [-0.2, -0.15) is 4.72 Å². The van der Waals surface area contributed by atoms with E-state index in [1.165, 1.54) is 33.7 Å². The number of hydrogen-bond donors (Lipinski definition) is 2. The van der Waals surface area contributed by atoms with Gasteiger partial charge < -0.3 is 5.11 Å². The van der Waals surface area contributed by atoms with Gasteiger partial charge in [-0.25, -0.2) is 13.4 Å². The number of carbonyl (C=O) groups is 1. The van der Waals surface area contributed by atoms with Crippen molar-refractivity contribution in [3.63, 3.8) is 0 Å². The van der Waals surface area contributed by atoms with Crippen molar-refractivity contribution in [2.75, 3.05) is 5.75 Å².